The van der Waals surface area contributed by atoms with Crippen LogP contribution < -0.4 is 11.1 Å². The highest BCUT2D eigenvalue weighted by molar-refractivity contribution is 5.68. The van der Waals surface area contributed by atoms with Crippen LogP contribution in [0.1, 0.15) is 33.6 Å². The first-order valence-electron chi connectivity index (χ1n) is 5.07. The van der Waals surface area contributed by atoms with E-state index in [0.717, 1.165) is 12.8 Å². The van der Waals surface area contributed by atoms with Gasteiger partial charge in [0.2, 0.25) is 0 Å². The lowest BCUT2D eigenvalue weighted by Gasteiger charge is -2.32. The number of ether oxygens (including phenoxy) is 1. The van der Waals surface area contributed by atoms with Crippen molar-refractivity contribution in [2.45, 2.75) is 45.2 Å². The SMILES string of the molecule is CC(C)(C)NC(=O)OCC1CC(N)C1. The molecule has 0 aliphatic heterocycles. The lowest BCUT2D eigenvalue weighted by atomic mass is 9.82. The van der Waals surface area contributed by atoms with Gasteiger partial charge in [-0.05, 0) is 39.5 Å². The van der Waals surface area contributed by atoms with Gasteiger partial charge in [0, 0.05) is 11.6 Å². The van der Waals surface area contributed by atoms with E-state index in [1.54, 1.807) is 0 Å². The maximum absolute atomic E-state index is 11.2. The van der Waals surface area contributed by atoms with E-state index in [1.165, 1.54) is 0 Å². The summed E-state index contributed by atoms with van der Waals surface area (Å²) in [5, 5.41) is 2.74. The zero-order chi connectivity index (χ0) is 10.8. The van der Waals surface area contributed by atoms with Gasteiger partial charge in [0.15, 0.2) is 0 Å². The molecule has 14 heavy (non-hydrogen) atoms. The average molecular weight is 200 g/mol. The van der Waals surface area contributed by atoms with Gasteiger partial charge in [0.25, 0.3) is 0 Å². The Labute approximate surface area is 85.2 Å². The highest BCUT2D eigenvalue weighted by Gasteiger charge is 2.27. The van der Waals surface area contributed by atoms with Crippen LogP contribution in [0.5, 0.6) is 0 Å². The normalized spacial score (nSPS) is 26.6. The van der Waals surface area contributed by atoms with Crippen LogP contribution in [0.3, 0.4) is 0 Å². The van der Waals surface area contributed by atoms with Crippen molar-refractivity contribution >= 4 is 6.09 Å². The molecule has 1 rings (SSSR count). The average Bonchev–Trinajstić information content (AvgIpc) is 1.92. The Morgan fingerprint density at radius 1 is 1.50 bits per heavy atom. The van der Waals surface area contributed by atoms with Crippen LogP contribution in [0.4, 0.5) is 4.79 Å². The van der Waals surface area contributed by atoms with Gasteiger partial charge in [-0.25, -0.2) is 4.79 Å². The second kappa shape index (κ2) is 4.17. The van der Waals surface area contributed by atoms with Crippen molar-refractivity contribution in [3.05, 3.63) is 0 Å². The third kappa shape index (κ3) is 3.96. The molecule has 1 fully saturated rings. The number of carbonyl (C=O) groups excluding carboxylic acids is 1. The van der Waals surface area contributed by atoms with Crippen molar-refractivity contribution in [2.75, 3.05) is 6.61 Å². The van der Waals surface area contributed by atoms with E-state index >= 15 is 0 Å². The minimum Gasteiger partial charge on any atom is -0.449 e. The minimum atomic E-state index is -0.335. The lowest BCUT2D eigenvalue weighted by molar-refractivity contribution is 0.0905. The summed E-state index contributed by atoms with van der Waals surface area (Å²) >= 11 is 0. The van der Waals surface area contributed by atoms with Gasteiger partial charge in [-0.15, -0.1) is 0 Å². The molecular formula is C10H20N2O2. The van der Waals surface area contributed by atoms with Gasteiger partial charge in [-0.2, -0.15) is 0 Å². The van der Waals surface area contributed by atoms with Crippen LogP contribution in [0.15, 0.2) is 0 Å². The molecule has 0 heterocycles. The van der Waals surface area contributed by atoms with Crippen molar-refractivity contribution in [3.8, 4) is 0 Å². The van der Waals surface area contributed by atoms with Crippen molar-refractivity contribution < 1.29 is 9.53 Å². The van der Waals surface area contributed by atoms with Gasteiger partial charge in [-0.1, -0.05) is 0 Å². The van der Waals surface area contributed by atoms with Crippen molar-refractivity contribution in [3.63, 3.8) is 0 Å². The Balaban J connectivity index is 2.10. The Kier molecular flexibility index (Phi) is 3.37. The zero-order valence-corrected chi connectivity index (χ0v) is 9.17. The van der Waals surface area contributed by atoms with E-state index in [9.17, 15) is 4.79 Å². The molecule has 0 saturated heterocycles. The fourth-order valence-electron chi connectivity index (χ4n) is 1.46. The molecule has 0 atom stereocenters. The third-order valence-electron chi connectivity index (χ3n) is 2.20. The van der Waals surface area contributed by atoms with Crippen LogP contribution >= 0.6 is 0 Å². The predicted octanol–water partition coefficient (Wildman–Crippen LogP) is 1.25. The number of amides is 1. The fraction of sp³-hybridized carbons (Fsp3) is 0.900. The number of rotatable bonds is 2. The smallest absolute Gasteiger partial charge is 0.407 e. The second-order valence-electron chi connectivity index (χ2n) is 5.07. The molecule has 3 N–H and O–H groups in total. The molecule has 0 aromatic heterocycles. The van der Waals surface area contributed by atoms with E-state index in [1.807, 2.05) is 20.8 Å². The molecule has 0 bridgehead atoms. The lowest BCUT2D eigenvalue weighted by Crippen LogP contribution is -2.43. The van der Waals surface area contributed by atoms with E-state index in [-0.39, 0.29) is 11.6 Å². The maximum atomic E-state index is 11.2. The summed E-state index contributed by atoms with van der Waals surface area (Å²) in [6.07, 6.45) is 1.61. The summed E-state index contributed by atoms with van der Waals surface area (Å²) in [4.78, 5) is 11.2. The fourth-order valence-corrected chi connectivity index (χ4v) is 1.46. The molecule has 1 aliphatic rings. The molecule has 4 nitrogen and oxygen atoms in total. The summed E-state index contributed by atoms with van der Waals surface area (Å²) in [5.41, 5.74) is 5.39. The highest BCUT2D eigenvalue weighted by atomic mass is 16.5. The number of hydrogen-bond acceptors (Lipinski definition) is 3. The monoisotopic (exact) mass is 200 g/mol. The Hall–Kier alpha value is -0.770. The van der Waals surface area contributed by atoms with Crippen LogP contribution in [0.2, 0.25) is 0 Å². The largest absolute Gasteiger partial charge is 0.449 e. The molecule has 0 aromatic carbocycles. The summed E-state index contributed by atoms with van der Waals surface area (Å²) in [6, 6.07) is 0.314. The number of nitrogens with one attached hydrogen (secondary N) is 1. The first-order chi connectivity index (χ1) is 6.37. The standard InChI is InChI=1S/C10H20N2O2/c1-10(2,3)12-9(13)14-6-7-4-8(11)5-7/h7-8H,4-6,11H2,1-3H3,(H,12,13). The van der Waals surface area contributed by atoms with Gasteiger partial charge in [0.05, 0.1) is 6.61 Å². The summed E-state index contributed by atoms with van der Waals surface area (Å²) in [7, 11) is 0. The number of nitrogens with two attached hydrogens (primary N) is 1. The Morgan fingerprint density at radius 3 is 2.50 bits per heavy atom. The first-order valence-corrected chi connectivity index (χ1v) is 5.07. The molecule has 4 heteroatoms. The molecule has 1 saturated carbocycles. The van der Waals surface area contributed by atoms with Crippen LogP contribution in [-0.4, -0.2) is 24.3 Å². The topological polar surface area (TPSA) is 64.3 Å². The first kappa shape index (κ1) is 11.3. The Morgan fingerprint density at radius 2 is 2.07 bits per heavy atom. The summed E-state index contributed by atoms with van der Waals surface area (Å²) < 4.78 is 5.06. The number of alkyl carbamates (subject to hydrolysis) is 1. The van der Waals surface area contributed by atoms with Crippen LogP contribution in [-0.2, 0) is 4.74 Å². The second-order valence-corrected chi connectivity index (χ2v) is 5.07. The molecule has 1 amide bonds. The minimum absolute atomic E-state index is 0.229. The van der Waals surface area contributed by atoms with Gasteiger partial charge < -0.3 is 15.8 Å². The summed E-state index contributed by atoms with van der Waals surface area (Å²) in [6.45, 7) is 6.27. The van der Waals surface area contributed by atoms with Crippen LogP contribution in [0, 0.1) is 5.92 Å². The maximum Gasteiger partial charge on any atom is 0.407 e. The van der Waals surface area contributed by atoms with Crippen LogP contribution in [0.25, 0.3) is 0 Å². The van der Waals surface area contributed by atoms with Crippen molar-refractivity contribution in [2.24, 2.45) is 11.7 Å². The molecule has 0 aromatic rings. The predicted molar refractivity (Wildman–Crippen MR) is 54.9 cm³/mol. The Bertz CT molecular complexity index is 205. The quantitative estimate of drug-likeness (QED) is 0.705. The van der Waals surface area contributed by atoms with Gasteiger partial charge >= 0.3 is 6.09 Å². The van der Waals surface area contributed by atoms with E-state index in [2.05, 4.69) is 5.32 Å². The summed E-state index contributed by atoms with van der Waals surface area (Å²) in [5.74, 6) is 0.468. The van der Waals surface area contributed by atoms with E-state index < -0.39 is 0 Å². The van der Waals surface area contributed by atoms with E-state index in [0.29, 0.717) is 18.6 Å². The zero-order valence-electron chi connectivity index (χ0n) is 9.17. The molecule has 0 radical (unpaired) electrons. The van der Waals surface area contributed by atoms with Gasteiger partial charge in [-0.3, -0.25) is 0 Å². The molecular weight excluding hydrogens is 180 g/mol. The van der Waals surface area contributed by atoms with Gasteiger partial charge in [0.1, 0.15) is 0 Å². The molecule has 0 unspecified atom stereocenters. The van der Waals surface area contributed by atoms with Crippen molar-refractivity contribution in [1.82, 2.24) is 5.32 Å². The number of carbonyl (C=O) groups is 1. The van der Waals surface area contributed by atoms with Crippen molar-refractivity contribution in [1.29, 1.82) is 0 Å². The van der Waals surface area contributed by atoms with E-state index in [4.69, 9.17) is 10.5 Å². The number of hydrogen-bond donors (Lipinski definition) is 2. The highest BCUT2D eigenvalue weighted by Crippen LogP contribution is 2.25. The molecule has 82 valence electrons. The molecule has 0 spiro atoms. The molecule has 1 aliphatic carbocycles. The third-order valence-corrected chi connectivity index (χ3v) is 2.20.